The van der Waals surface area contributed by atoms with Crippen molar-refractivity contribution in [2.45, 2.75) is 11.8 Å². The largest absolute Gasteiger partial charge is 0.316 e. The van der Waals surface area contributed by atoms with Crippen LogP contribution >= 0.6 is 11.8 Å². The van der Waals surface area contributed by atoms with Gasteiger partial charge in [-0.25, -0.2) is 15.0 Å². The molecule has 0 aliphatic rings. The number of aryl methyl sites for hydroxylation is 2. The molecule has 3 rings (SSSR count). The normalized spacial score (nSPS) is 11.5. The van der Waals surface area contributed by atoms with Gasteiger partial charge in [-0.05, 0) is 13.2 Å². The molecule has 0 unspecified atom stereocenters. The molecule has 0 atom stereocenters. The third-order valence-electron chi connectivity index (χ3n) is 2.98. The summed E-state index contributed by atoms with van der Waals surface area (Å²) in [5, 5.41) is 0.510. The highest BCUT2D eigenvalue weighted by atomic mass is 32.2. The van der Waals surface area contributed by atoms with Gasteiger partial charge in [0.15, 0.2) is 11.3 Å². The average molecular weight is 261 g/mol. The zero-order chi connectivity index (χ0) is 12.9. The van der Waals surface area contributed by atoms with Gasteiger partial charge in [0.1, 0.15) is 16.7 Å². The summed E-state index contributed by atoms with van der Waals surface area (Å²) in [6.45, 7) is 1.91. The second kappa shape index (κ2) is 3.81. The van der Waals surface area contributed by atoms with Crippen molar-refractivity contribution in [2.75, 3.05) is 6.26 Å². The van der Waals surface area contributed by atoms with E-state index in [9.17, 15) is 4.79 Å². The quantitative estimate of drug-likeness (QED) is 0.667. The third kappa shape index (κ3) is 1.37. The van der Waals surface area contributed by atoms with E-state index in [0.717, 1.165) is 21.9 Å². The highest BCUT2D eigenvalue weighted by Crippen LogP contribution is 2.29. The second-order valence-corrected chi connectivity index (χ2v) is 4.78. The van der Waals surface area contributed by atoms with Crippen LogP contribution in [0.5, 0.6) is 0 Å². The van der Waals surface area contributed by atoms with Crippen LogP contribution in [0.4, 0.5) is 0 Å². The maximum absolute atomic E-state index is 11.9. The molecular formula is C11H11N5OS. The lowest BCUT2D eigenvalue weighted by molar-refractivity contribution is 0.875. The van der Waals surface area contributed by atoms with Crippen molar-refractivity contribution in [2.24, 2.45) is 7.05 Å². The molecule has 18 heavy (non-hydrogen) atoms. The molecule has 6 nitrogen and oxygen atoms in total. The molecule has 0 saturated carbocycles. The van der Waals surface area contributed by atoms with Gasteiger partial charge in [-0.1, -0.05) is 0 Å². The monoisotopic (exact) mass is 261 g/mol. The van der Waals surface area contributed by atoms with Crippen molar-refractivity contribution in [3.05, 3.63) is 22.5 Å². The molecule has 0 spiro atoms. The van der Waals surface area contributed by atoms with E-state index in [1.54, 1.807) is 0 Å². The summed E-state index contributed by atoms with van der Waals surface area (Å²) < 4.78 is 1.90. The summed E-state index contributed by atoms with van der Waals surface area (Å²) in [6.07, 6.45) is 3.29. The van der Waals surface area contributed by atoms with E-state index in [2.05, 4.69) is 19.9 Å². The molecule has 7 heteroatoms. The first-order valence-electron chi connectivity index (χ1n) is 5.38. The minimum Gasteiger partial charge on any atom is -0.316 e. The Morgan fingerprint density at radius 2 is 2.17 bits per heavy atom. The first kappa shape index (κ1) is 11.2. The van der Waals surface area contributed by atoms with E-state index in [4.69, 9.17) is 0 Å². The maximum atomic E-state index is 11.9. The van der Waals surface area contributed by atoms with E-state index in [0.29, 0.717) is 11.0 Å². The van der Waals surface area contributed by atoms with Crippen molar-refractivity contribution >= 4 is 34.0 Å². The van der Waals surface area contributed by atoms with Gasteiger partial charge in [-0.15, -0.1) is 11.8 Å². The first-order chi connectivity index (χ1) is 8.63. The summed E-state index contributed by atoms with van der Waals surface area (Å²) in [4.78, 5) is 28.3. The molecule has 0 radical (unpaired) electrons. The Labute approximate surface area is 106 Å². The fourth-order valence-electron chi connectivity index (χ4n) is 1.98. The van der Waals surface area contributed by atoms with Gasteiger partial charge >= 0.3 is 0 Å². The van der Waals surface area contributed by atoms with Gasteiger partial charge in [-0.2, -0.15) is 0 Å². The van der Waals surface area contributed by atoms with Crippen LogP contribution in [0.15, 0.2) is 16.0 Å². The SMILES string of the molecule is CSc1c2nc(C)n(C)c2nc2nc[nH]c(=O)c12. The Morgan fingerprint density at radius 1 is 1.39 bits per heavy atom. The highest BCUT2D eigenvalue weighted by Gasteiger charge is 2.16. The molecule has 0 saturated heterocycles. The molecule has 1 N–H and O–H groups in total. The summed E-state index contributed by atoms with van der Waals surface area (Å²) in [5.41, 5.74) is 1.79. The van der Waals surface area contributed by atoms with Crippen LogP contribution in [0.2, 0.25) is 0 Å². The number of aromatic amines is 1. The number of nitrogens with one attached hydrogen (secondary N) is 1. The summed E-state index contributed by atoms with van der Waals surface area (Å²) >= 11 is 1.49. The van der Waals surface area contributed by atoms with Crippen LogP contribution in [0, 0.1) is 6.92 Å². The Bertz CT molecular complexity index is 820. The number of imidazole rings is 1. The molecule has 0 aliphatic carbocycles. The van der Waals surface area contributed by atoms with E-state index in [-0.39, 0.29) is 5.56 Å². The molecule has 0 fully saturated rings. The smallest absolute Gasteiger partial charge is 0.261 e. The number of thioether (sulfide) groups is 1. The zero-order valence-electron chi connectivity index (χ0n) is 10.2. The van der Waals surface area contributed by atoms with Crippen LogP contribution in [0.25, 0.3) is 22.2 Å². The molecule has 3 aromatic heterocycles. The van der Waals surface area contributed by atoms with E-state index >= 15 is 0 Å². The van der Waals surface area contributed by atoms with Crippen LogP contribution in [-0.4, -0.2) is 30.8 Å². The fourth-order valence-corrected chi connectivity index (χ4v) is 2.69. The third-order valence-corrected chi connectivity index (χ3v) is 3.79. The van der Waals surface area contributed by atoms with Crippen molar-refractivity contribution in [3.63, 3.8) is 0 Å². The van der Waals surface area contributed by atoms with Crippen LogP contribution in [0.1, 0.15) is 5.82 Å². The Balaban J connectivity index is 2.65. The number of aromatic nitrogens is 5. The number of pyridine rings is 1. The van der Waals surface area contributed by atoms with Crippen LogP contribution in [0.3, 0.4) is 0 Å². The van der Waals surface area contributed by atoms with Crippen LogP contribution in [-0.2, 0) is 7.05 Å². The lowest BCUT2D eigenvalue weighted by atomic mass is 10.3. The van der Waals surface area contributed by atoms with Crippen molar-refractivity contribution in [3.8, 4) is 0 Å². The number of hydrogen-bond acceptors (Lipinski definition) is 5. The molecule has 0 bridgehead atoms. The van der Waals surface area contributed by atoms with Crippen molar-refractivity contribution in [1.82, 2.24) is 24.5 Å². The number of rotatable bonds is 1. The number of fused-ring (bicyclic) bond motifs is 2. The Kier molecular flexibility index (Phi) is 2.37. The molecule has 0 aliphatic heterocycles. The minimum atomic E-state index is -0.179. The first-order valence-corrected chi connectivity index (χ1v) is 6.60. The fraction of sp³-hybridized carbons (Fsp3) is 0.273. The lowest BCUT2D eigenvalue weighted by Crippen LogP contribution is -2.09. The highest BCUT2D eigenvalue weighted by molar-refractivity contribution is 7.99. The molecule has 3 heterocycles. The minimum absolute atomic E-state index is 0.179. The second-order valence-electron chi connectivity index (χ2n) is 3.97. The Hall–Kier alpha value is -1.89. The van der Waals surface area contributed by atoms with Crippen molar-refractivity contribution in [1.29, 1.82) is 0 Å². The summed E-state index contributed by atoms with van der Waals surface area (Å²) in [5.74, 6) is 0.861. The maximum Gasteiger partial charge on any atom is 0.261 e. The molecular weight excluding hydrogens is 250 g/mol. The van der Waals surface area contributed by atoms with Gasteiger partial charge in [0.05, 0.1) is 11.2 Å². The van der Waals surface area contributed by atoms with Crippen molar-refractivity contribution < 1.29 is 0 Å². The molecule has 0 aromatic carbocycles. The zero-order valence-corrected chi connectivity index (χ0v) is 11.0. The average Bonchev–Trinajstić information content (AvgIpc) is 2.64. The summed E-state index contributed by atoms with van der Waals surface area (Å²) in [6, 6.07) is 0. The lowest BCUT2D eigenvalue weighted by Gasteiger charge is -2.03. The van der Waals surface area contributed by atoms with Crippen LogP contribution < -0.4 is 5.56 Å². The van der Waals surface area contributed by atoms with E-state index in [1.165, 1.54) is 18.1 Å². The number of hydrogen-bond donors (Lipinski definition) is 1. The molecule has 0 amide bonds. The standard InChI is InChI=1S/C11H11N5OS/c1-5-14-7-8(18-3)6-9(12-4-13-11(6)17)15-10(7)16(5)2/h4H,1-3H3,(H,12,13,15,17). The molecule has 3 aromatic rings. The number of nitrogens with zero attached hydrogens (tertiary/aromatic N) is 4. The van der Waals surface area contributed by atoms with Gasteiger partial charge in [-0.3, -0.25) is 4.79 Å². The van der Waals surface area contributed by atoms with Gasteiger partial charge in [0, 0.05) is 7.05 Å². The van der Waals surface area contributed by atoms with E-state index in [1.807, 2.05) is 24.8 Å². The predicted molar refractivity (Wildman–Crippen MR) is 70.9 cm³/mol. The number of H-pyrrole nitrogens is 1. The Morgan fingerprint density at radius 3 is 2.89 bits per heavy atom. The van der Waals surface area contributed by atoms with Gasteiger partial charge in [0.2, 0.25) is 0 Å². The van der Waals surface area contributed by atoms with Gasteiger partial charge < -0.3 is 9.55 Å². The van der Waals surface area contributed by atoms with Gasteiger partial charge in [0.25, 0.3) is 5.56 Å². The predicted octanol–water partition coefficient (Wildman–Crippen LogP) is 1.24. The summed E-state index contributed by atoms with van der Waals surface area (Å²) in [7, 11) is 1.90. The topological polar surface area (TPSA) is 76.5 Å². The van der Waals surface area contributed by atoms with E-state index < -0.39 is 0 Å². The molecule has 92 valence electrons.